The number of hydrogen-bond acceptors (Lipinski definition) is 5. The van der Waals surface area contributed by atoms with Gasteiger partial charge >= 0.3 is 0 Å². The summed E-state index contributed by atoms with van der Waals surface area (Å²) in [6.07, 6.45) is 0. The van der Waals surface area contributed by atoms with Gasteiger partial charge in [-0.1, -0.05) is 12.1 Å². The average molecular weight is 439 g/mol. The molecule has 7 heteroatoms. The molecule has 1 amide bonds. The van der Waals surface area contributed by atoms with Crippen LogP contribution in [-0.2, 0) is 4.79 Å². The van der Waals surface area contributed by atoms with Crippen LogP contribution < -0.4 is 9.80 Å². The van der Waals surface area contributed by atoms with Crippen molar-refractivity contribution in [1.29, 1.82) is 0 Å². The van der Waals surface area contributed by atoms with Gasteiger partial charge in [-0.15, -0.1) is 0 Å². The van der Waals surface area contributed by atoms with Gasteiger partial charge in [0.1, 0.15) is 5.82 Å². The molecule has 0 saturated carbocycles. The largest absolute Gasteiger partial charge is 0.368 e. The van der Waals surface area contributed by atoms with E-state index in [0.717, 1.165) is 26.2 Å². The fourth-order valence-electron chi connectivity index (χ4n) is 4.46. The molecule has 2 aliphatic rings. The lowest BCUT2D eigenvalue weighted by atomic mass is 10.1. The quantitative estimate of drug-likeness (QED) is 0.672. The second kappa shape index (κ2) is 9.69. The number of halogens is 1. The van der Waals surface area contributed by atoms with Gasteiger partial charge in [-0.05, 0) is 49.7 Å². The van der Waals surface area contributed by atoms with Crippen LogP contribution in [0.15, 0.2) is 42.5 Å². The van der Waals surface area contributed by atoms with Gasteiger partial charge in [0.25, 0.3) is 0 Å². The predicted molar refractivity (Wildman–Crippen MR) is 125 cm³/mol. The highest BCUT2D eigenvalue weighted by Gasteiger charge is 2.25. The van der Waals surface area contributed by atoms with Crippen LogP contribution in [0.1, 0.15) is 22.8 Å². The van der Waals surface area contributed by atoms with Crippen LogP contribution in [0.3, 0.4) is 0 Å². The van der Waals surface area contributed by atoms with E-state index < -0.39 is 0 Å². The first kappa shape index (κ1) is 22.3. The van der Waals surface area contributed by atoms with Gasteiger partial charge in [-0.25, -0.2) is 4.39 Å². The van der Waals surface area contributed by atoms with Gasteiger partial charge in [0.15, 0.2) is 5.78 Å². The predicted octanol–water partition coefficient (Wildman–Crippen LogP) is 2.81. The van der Waals surface area contributed by atoms with E-state index in [9.17, 15) is 14.0 Å². The van der Waals surface area contributed by atoms with E-state index in [2.05, 4.69) is 41.0 Å². The van der Waals surface area contributed by atoms with Crippen molar-refractivity contribution < 1.29 is 14.0 Å². The summed E-state index contributed by atoms with van der Waals surface area (Å²) in [7, 11) is 0. The number of nitrogens with zero attached hydrogens (tertiary/aromatic N) is 4. The number of hydrogen-bond donors (Lipinski definition) is 0. The summed E-state index contributed by atoms with van der Waals surface area (Å²) in [6.45, 7) is 9.84. The third-order valence-electron chi connectivity index (χ3n) is 6.43. The van der Waals surface area contributed by atoms with Crippen LogP contribution >= 0.6 is 0 Å². The Morgan fingerprint density at radius 2 is 1.56 bits per heavy atom. The maximum absolute atomic E-state index is 14.4. The molecule has 0 aromatic heterocycles. The lowest BCUT2D eigenvalue weighted by Crippen LogP contribution is -2.54. The van der Waals surface area contributed by atoms with Crippen LogP contribution in [0.4, 0.5) is 15.8 Å². The molecule has 2 aromatic rings. The zero-order valence-corrected chi connectivity index (χ0v) is 18.9. The molecule has 32 heavy (non-hydrogen) atoms. The molecule has 0 aliphatic carbocycles. The zero-order valence-electron chi connectivity index (χ0n) is 18.9. The van der Waals surface area contributed by atoms with Crippen molar-refractivity contribution in [1.82, 2.24) is 9.80 Å². The Kier molecular flexibility index (Phi) is 6.74. The number of piperazine rings is 2. The van der Waals surface area contributed by atoms with Crippen molar-refractivity contribution >= 4 is 23.1 Å². The molecule has 2 saturated heterocycles. The number of Topliss-reactive ketones (excluding diaryl/α,β-unsaturated/α-hetero) is 1. The summed E-state index contributed by atoms with van der Waals surface area (Å²) in [5.74, 6) is -0.341. The lowest BCUT2D eigenvalue weighted by molar-refractivity contribution is -0.132. The number of carbonyl (C=O) groups excluding carboxylic acids is 2. The Morgan fingerprint density at radius 3 is 2.19 bits per heavy atom. The second-order valence-corrected chi connectivity index (χ2v) is 8.69. The molecule has 0 N–H and O–H groups in total. The van der Waals surface area contributed by atoms with E-state index in [4.69, 9.17) is 0 Å². The SMILES string of the molecule is CC(=O)c1ccc(N2CCN(CC(=O)N3CCN(c4cccc(C)c4)CC3)CC2)c(F)c1. The minimum absolute atomic E-state index is 0.140. The summed E-state index contributed by atoms with van der Waals surface area (Å²) >= 11 is 0. The van der Waals surface area contributed by atoms with Crippen LogP contribution in [0.25, 0.3) is 0 Å². The first-order valence-corrected chi connectivity index (χ1v) is 11.3. The first-order chi connectivity index (χ1) is 15.4. The smallest absolute Gasteiger partial charge is 0.236 e. The Balaban J connectivity index is 1.25. The molecule has 170 valence electrons. The van der Waals surface area contributed by atoms with Crippen molar-refractivity contribution in [2.45, 2.75) is 13.8 Å². The summed E-state index contributed by atoms with van der Waals surface area (Å²) in [5.41, 5.74) is 3.37. The van der Waals surface area contributed by atoms with Crippen molar-refractivity contribution in [2.75, 3.05) is 68.7 Å². The summed E-state index contributed by atoms with van der Waals surface area (Å²) in [6, 6.07) is 13.1. The minimum Gasteiger partial charge on any atom is -0.368 e. The zero-order chi connectivity index (χ0) is 22.7. The third kappa shape index (κ3) is 5.10. The molecule has 2 fully saturated rings. The van der Waals surface area contributed by atoms with Gasteiger partial charge < -0.3 is 14.7 Å². The lowest BCUT2D eigenvalue weighted by Gasteiger charge is -2.39. The number of rotatable bonds is 5. The highest BCUT2D eigenvalue weighted by Crippen LogP contribution is 2.23. The van der Waals surface area contributed by atoms with Crippen molar-refractivity contribution in [3.63, 3.8) is 0 Å². The van der Waals surface area contributed by atoms with Crippen LogP contribution in [-0.4, -0.2) is 80.4 Å². The first-order valence-electron chi connectivity index (χ1n) is 11.3. The molecule has 6 nitrogen and oxygen atoms in total. The van der Waals surface area contributed by atoms with E-state index in [1.807, 2.05) is 9.80 Å². The van der Waals surface area contributed by atoms with E-state index >= 15 is 0 Å². The van der Waals surface area contributed by atoms with Gasteiger partial charge in [0.05, 0.1) is 12.2 Å². The fraction of sp³-hybridized carbons (Fsp3) is 0.440. The van der Waals surface area contributed by atoms with E-state index in [1.54, 1.807) is 12.1 Å². The molecule has 0 spiro atoms. The number of carbonyl (C=O) groups is 2. The summed E-state index contributed by atoms with van der Waals surface area (Å²) in [5, 5.41) is 0. The molecule has 0 bridgehead atoms. The van der Waals surface area contributed by atoms with E-state index in [1.165, 1.54) is 24.2 Å². The molecule has 4 rings (SSSR count). The maximum Gasteiger partial charge on any atom is 0.236 e. The molecule has 0 atom stereocenters. The summed E-state index contributed by atoms with van der Waals surface area (Å²) in [4.78, 5) is 32.7. The Hall–Kier alpha value is -2.93. The molecule has 0 radical (unpaired) electrons. The van der Waals surface area contributed by atoms with Gasteiger partial charge in [-0.3, -0.25) is 14.5 Å². The average Bonchev–Trinajstić information content (AvgIpc) is 2.80. The van der Waals surface area contributed by atoms with Crippen LogP contribution in [0.5, 0.6) is 0 Å². The highest BCUT2D eigenvalue weighted by atomic mass is 19.1. The van der Waals surface area contributed by atoms with Gasteiger partial charge in [-0.2, -0.15) is 0 Å². The Labute approximate surface area is 189 Å². The number of anilines is 2. The molecule has 2 heterocycles. The Bertz CT molecular complexity index is 980. The summed E-state index contributed by atoms with van der Waals surface area (Å²) < 4.78 is 14.4. The van der Waals surface area contributed by atoms with Crippen molar-refractivity contribution in [3.05, 3.63) is 59.4 Å². The van der Waals surface area contributed by atoms with Crippen molar-refractivity contribution in [2.24, 2.45) is 0 Å². The van der Waals surface area contributed by atoms with Gasteiger partial charge in [0.2, 0.25) is 5.91 Å². The maximum atomic E-state index is 14.4. The van der Waals surface area contributed by atoms with Crippen LogP contribution in [0.2, 0.25) is 0 Å². The van der Waals surface area contributed by atoms with Crippen molar-refractivity contribution in [3.8, 4) is 0 Å². The molecular weight excluding hydrogens is 407 g/mol. The molecule has 2 aromatic carbocycles. The van der Waals surface area contributed by atoms with E-state index in [-0.39, 0.29) is 17.5 Å². The third-order valence-corrected chi connectivity index (χ3v) is 6.43. The topological polar surface area (TPSA) is 47.1 Å². The Morgan fingerprint density at radius 1 is 0.875 bits per heavy atom. The monoisotopic (exact) mass is 438 g/mol. The number of aryl methyl sites for hydroxylation is 1. The minimum atomic E-state index is -0.367. The number of benzene rings is 2. The molecule has 0 unspecified atom stereocenters. The normalized spacial score (nSPS) is 17.5. The standard InChI is InChI=1S/C25H31FN4O2/c1-19-4-3-5-22(16-19)28-12-14-30(15-13-28)25(32)18-27-8-10-29(11-9-27)24-7-6-21(20(2)31)17-23(24)26/h3-7,16-17H,8-15,18H2,1-2H3. The van der Waals surface area contributed by atoms with E-state index in [0.29, 0.717) is 44.0 Å². The van der Waals surface area contributed by atoms with Crippen LogP contribution in [0, 0.1) is 12.7 Å². The number of amides is 1. The molecular formula is C25H31FN4O2. The molecule has 2 aliphatic heterocycles. The fourth-order valence-corrected chi connectivity index (χ4v) is 4.46. The highest BCUT2D eigenvalue weighted by molar-refractivity contribution is 5.94. The number of ketones is 1. The second-order valence-electron chi connectivity index (χ2n) is 8.69. The van der Waals surface area contributed by atoms with Gasteiger partial charge in [0, 0.05) is 63.6 Å².